The fourth-order valence-electron chi connectivity index (χ4n) is 3.90. The number of rotatable bonds is 3. The van der Waals surface area contributed by atoms with Crippen molar-refractivity contribution >= 4 is 33.2 Å². The summed E-state index contributed by atoms with van der Waals surface area (Å²) in [6.45, 7) is 0. The van der Waals surface area contributed by atoms with Gasteiger partial charge in [-0.05, 0) is 54.1 Å². The van der Waals surface area contributed by atoms with Crippen LogP contribution in [-0.2, 0) is 0 Å². The van der Waals surface area contributed by atoms with Gasteiger partial charge in [0.25, 0.3) is 0 Å². The van der Waals surface area contributed by atoms with Crippen molar-refractivity contribution in [3.8, 4) is 11.5 Å². The zero-order valence-electron chi connectivity index (χ0n) is 15.7. The predicted molar refractivity (Wildman–Crippen MR) is 118 cm³/mol. The topological polar surface area (TPSA) is 34.1 Å². The summed E-state index contributed by atoms with van der Waals surface area (Å²) in [4.78, 5) is 0. The van der Waals surface area contributed by atoms with E-state index < -0.39 is 0 Å². The van der Waals surface area contributed by atoms with Gasteiger partial charge in [-0.3, -0.25) is 0 Å². The second-order valence-electron chi connectivity index (χ2n) is 7.05. The molecular formula is C23H18BrClN2O2. The summed E-state index contributed by atoms with van der Waals surface area (Å²) in [5, 5.41) is 7.68. The third-order valence-corrected chi connectivity index (χ3v) is 6.18. The van der Waals surface area contributed by atoms with Crippen LogP contribution in [0, 0.1) is 0 Å². The van der Waals surface area contributed by atoms with Gasteiger partial charge in [0.15, 0.2) is 0 Å². The molecule has 2 aliphatic heterocycles. The van der Waals surface area contributed by atoms with Gasteiger partial charge in [-0.2, -0.15) is 5.10 Å². The van der Waals surface area contributed by atoms with Crippen molar-refractivity contribution in [2.45, 2.75) is 18.7 Å². The first-order valence-corrected chi connectivity index (χ1v) is 10.5. The zero-order valence-corrected chi connectivity index (χ0v) is 18.0. The average molecular weight is 470 g/mol. The Morgan fingerprint density at radius 2 is 1.86 bits per heavy atom. The maximum Gasteiger partial charge on any atom is 0.215 e. The number of hydrogen-bond donors (Lipinski definition) is 0. The minimum Gasteiger partial charge on any atom is -0.497 e. The average Bonchev–Trinajstić information content (AvgIpc) is 3.20. The Morgan fingerprint density at radius 1 is 1.07 bits per heavy atom. The first-order chi connectivity index (χ1) is 14.1. The smallest absolute Gasteiger partial charge is 0.215 e. The Bertz CT molecular complexity index is 1100. The summed E-state index contributed by atoms with van der Waals surface area (Å²) in [5.41, 5.74) is 4.13. The fourth-order valence-corrected chi connectivity index (χ4v) is 4.50. The van der Waals surface area contributed by atoms with E-state index >= 15 is 0 Å². The number of methoxy groups -OCH3 is 1. The van der Waals surface area contributed by atoms with E-state index in [0.29, 0.717) is 5.02 Å². The lowest BCUT2D eigenvalue weighted by Crippen LogP contribution is -2.33. The third-order valence-electron chi connectivity index (χ3n) is 5.35. The standard InChI is InChI=1S/C23H18BrClN2O2/c1-28-16-9-6-14(7-10-16)20-13-21-18-12-15(24)8-11-22(18)29-23(27(21)26-20)17-4-2-3-5-19(17)25/h2-12,21,23H,13H2,1H3. The SMILES string of the molecule is COc1ccc(C2=NN3C(C2)c2cc(Br)ccc2OC3c2ccccc2Cl)cc1. The molecule has 0 aliphatic carbocycles. The minimum absolute atomic E-state index is 0.0784. The lowest BCUT2D eigenvalue weighted by atomic mass is 9.96. The van der Waals surface area contributed by atoms with E-state index in [-0.39, 0.29) is 12.3 Å². The number of benzene rings is 3. The van der Waals surface area contributed by atoms with Gasteiger partial charge in [0, 0.05) is 27.0 Å². The molecule has 0 N–H and O–H groups in total. The monoisotopic (exact) mass is 468 g/mol. The van der Waals surface area contributed by atoms with Crippen LogP contribution in [-0.4, -0.2) is 17.8 Å². The summed E-state index contributed by atoms with van der Waals surface area (Å²) >= 11 is 10.1. The van der Waals surface area contributed by atoms with E-state index in [4.69, 9.17) is 26.2 Å². The van der Waals surface area contributed by atoms with Gasteiger partial charge in [-0.15, -0.1) is 0 Å². The van der Waals surface area contributed by atoms with E-state index in [1.807, 2.05) is 65.7 Å². The normalized spacial score (nSPS) is 19.8. The highest BCUT2D eigenvalue weighted by atomic mass is 79.9. The van der Waals surface area contributed by atoms with Crippen molar-refractivity contribution in [3.63, 3.8) is 0 Å². The molecular weight excluding hydrogens is 452 g/mol. The van der Waals surface area contributed by atoms with Gasteiger partial charge >= 0.3 is 0 Å². The maximum absolute atomic E-state index is 6.51. The molecule has 6 heteroatoms. The molecule has 0 amide bonds. The van der Waals surface area contributed by atoms with E-state index in [1.165, 1.54) is 0 Å². The first kappa shape index (κ1) is 18.5. The summed E-state index contributed by atoms with van der Waals surface area (Å²) in [6.07, 6.45) is 0.415. The van der Waals surface area contributed by atoms with Crippen molar-refractivity contribution in [2.24, 2.45) is 5.10 Å². The Morgan fingerprint density at radius 3 is 2.62 bits per heavy atom. The molecule has 0 radical (unpaired) electrons. The number of halogens is 2. The maximum atomic E-state index is 6.51. The van der Waals surface area contributed by atoms with Gasteiger partial charge in [-0.1, -0.05) is 45.7 Å². The summed E-state index contributed by atoms with van der Waals surface area (Å²) in [6, 6.07) is 22.0. The molecule has 3 aromatic carbocycles. The Hall–Kier alpha value is -2.50. The highest BCUT2D eigenvalue weighted by Gasteiger charge is 2.41. The Labute approximate surface area is 182 Å². The highest BCUT2D eigenvalue weighted by Crippen LogP contribution is 2.49. The molecule has 146 valence electrons. The van der Waals surface area contributed by atoms with Crippen LogP contribution in [0.3, 0.4) is 0 Å². The van der Waals surface area contributed by atoms with E-state index in [1.54, 1.807) is 7.11 Å². The molecule has 3 aromatic rings. The van der Waals surface area contributed by atoms with Crippen LogP contribution in [0.2, 0.25) is 5.02 Å². The number of hydrazone groups is 1. The number of ether oxygens (including phenoxy) is 2. The molecule has 0 fully saturated rings. The number of fused-ring (bicyclic) bond motifs is 3. The number of nitrogens with zero attached hydrogens (tertiary/aromatic N) is 2. The van der Waals surface area contributed by atoms with E-state index in [2.05, 4.69) is 22.0 Å². The third kappa shape index (κ3) is 3.28. The van der Waals surface area contributed by atoms with Gasteiger partial charge in [0.05, 0.1) is 18.9 Å². The molecule has 2 unspecified atom stereocenters. The van der Waals surface area contributed by atoms with Crippen molar-refractivity contribution < 1.29 is 9.47 Å². The lowest BCUT2D eigenvalue weighted by molar-refractivity contribution is -0.0190. The van der Waals surface area contributed by atoms with Crippen LogP contribution in [0.25, 0.3) is 0 Å². The van der Waals surface area contributed by atoms with Gasteiger partial charge in [0.2, 0.25) is 6.23 Å². The summed E-state index contributed by atoms with van der Waals surface area (Å²) < 4.78 is 12.7. The molecule has 4 nitrogen and oxygen atoms in total. The molecule has 2 heterocycles. The minimum atomic E-state index is -0.377. The molecule has 29 heavy (non-hydrogen) atoms. The molecule has 5 rings (SSSR count). The predicted octanol–water partition coefficient (Wildman–Crippen LogP) is 6.35. The van der Waals surface area contributed by atoms with Gasteiger partial charge < -0.3 is 9.47 Å². The Balaban J connectivity index is 1.59. The second kappa shape index (κ2) is 7.39. The summed E-state index contributed by atoms with van der Waals surface area (Å²) in [7, 11) is 1.67. The number of hydrogen-bond acceptors (Lipinski definition) is 4. The molecule has 2 aliphatic rings. The van der Waals surface area contributed by atoms with Crippen LogP contribution < -0.4 is 9.47 Å². The molecule has 2 atom stereocenters. The van der Waals surface area contributed by atoms with Crippen LogP contribution >= 0.6 is 27.5 Å². The van der Waals surface area contributed by atoms with Crippen LogP contribution in [0.1, 0.15) is 35.4 Å². The quantitative estimate of drug-likeness (QED) is 0.448. The molecule has 0 bridgehead atoms. The molecule has 0 spiro atoms. The van der Waals surface area contributed by atoms with E-state index in [9.17, 15) is 0 Å². The van der Waals surface area contributed by atoms with Crippen molar-refractivity contribution in [1.29, 1.82) is 0 Å². The van der Waals surface area contributed by atoms with E-state index in [0.717, 1.165) is 44.8 Å². The van der Waals surface area contributed by atoms with Crippen molar-refractivity contribution in [3.05, 3.63) is 92.9 Å². The summed E-state index contributed by atoms with van der Waals surface area (Å²) in [5.74, 6) is 1.70. The lowest BCUT2D eigenvalue weighted by Gasteiger charge is -2.38. The van der Waals surface area contributed by atoms with Gasteiger partial charge in [-0.25, -0.2) is 5.01 Å². The second-order valence-corrected chi connectivity index (χ2v) is 8.37. The van der Waals surface area contributed by atoms with Crippen molar-refractivity contribution in [2.75, 3.05) is 7.11 Å². The first-order valence-electron chi connectivity index (χ1n) is 9.35. The van der Waals surface area contributed by atoms with Gasteiger partial charge in [0.1, 0.15) is 11.5 Å². The Kier molecular flexibility index (Phi) is 4.72. The largest absolute Gasteiger partial charge is 0.497 e. The van der Waals surface area contributed by atoms with Crippen LogP contribution in [0.4, 0.5) is 0 Å². The zero-order chi connectivity index (χ0) is 20.0. The molecule has 0 saturated carbocycles. The molecule has 0 aromatic heterocycles. The molecule has 0 saturated heterocycles. The van der Waals surface area contributed by atoms with Crippen LogP contribution in [0.15, 0.2) is 76.3 Å². The highest BCUT2D eigenvalue weighted by molar-refractivity contribution is 9.10. The van der Waals surface area contributed by atoms with Crippen molar-refractivity contribution in [1.82, 2.24) is 5.01 Å². The fraction of sp³-hybridized carbons (Fsp3) is 0.174. The van der Waals surface area contributed by atoms with Crippen LogP contribution in [0.5, 0.6) is 11.5 Å².